The molecular formula is C22H28N2O4S. The molecule has 0 saturated carbocycles. The molecule has 7 heteroatoms. The Balaban J connectivity index is 1.91. The van der Waals surface area contributed by atoms with Crippen molar-refractivity contribution in [2.24, 2.45) is 0 Å². The molecule has 156 valence electrons. The van der Waals surface area contributed by atoms with Gasteiger partial charge in [0.2, 0.25) is 0 Å². The second kappa shape index (κ2) is 12.0. The van der Waals surface area contributed by atoms with Crippen molar-refractivity contribution in [1.29, 1.82) is 0 Å². The van der Waals surface area contributed by atoms with E-state index in [2.05, 4.69) is 17.6 Å². The van der Waals surface area contributed by atoms with Crippen molar-refractivity contribution in [2.75, 3.05) is 25.1 Å². The summed E-state index contributed by atoms with van der Waals surface area (Å²) in [6.45, 7) is 7.46. The molecule has 2 rings (SSSR count). The second-order valence-electron chi connectivity index (χ2n) is 6.31. The highest BCUT2D eigenvalue weighted by Crippen LogP contribution is 2.19. The van der Waals surface area contributed by atoms with Crippen LogP contribution in [0.1, 0.15) is 37.6 Å². The van der Waals surface area contributed by atoms with Gasteiger partial charge < -0.3 is 19.5 Å². The van der Waals surface area contributed by atoms with Gasteiger partial charge in [-0.15, -0.1) is 0 Å². The zero-order chi connectivity index (χ0) is 21.1. The molecule has 0 aliphatic heterocycles. The van der Waals surface area contributed by atoms with Gasteiger partial charge in [0, 0.05) is 12.3 Å². The normalized spacial score (nSPS) is 11.4. The van der Waals surface area contributed by atoms with Crippen molar-refractivity contribution in [3.05, 3.63) is 54.1 Å². The zero-order valence-electron chi connectivity index (χ0n) is 17.1. The molecule has 1 atom stereocenters. The first kappa shape index (κ1) is 22.6. The van der Waals surface area contributed by atoms with E-state index in [1.54, 1.807) is 18.2 Å². The Morgan fingerprint density at radius 3 is 2.48 bits per heavy atom. The minimum atomic E-state index is -0.341. The first-order valence-electron chi connectivity index (χ1n) is 9.72. The number of ether oxygens (including phenoxy) is 3. The van der Waals surface area contributed by atoms with Gasteiger partial charge >= 0.3 is 0 Å². The van der Waals surface area contributed by atoms with Crippen LogP contribution in [0.25, 0.3) is 0 Å². The number of para-hydroxylation sites is 1. The summed E-state index contributed by atoms with van der Waals surface area (Å²) in [4.78, 5) is 12.6. The number of hydrogen-bond donors (Lipinski definition) is 2. The van der Waals surface area contributed by atoms with Gasteiger partial charge in [-0.3, -0.25) is 10.1 Å². The standard InChI is InChI=1S/C22H28N2O4S/c1-4-16(3)28-18-12-10-17(11-13-18)23-22(29)24-21(25)19-8-6-7-9-20(19)27-15-14-26-5-2/h6-13,16H,4-5,14-15H2,1-3H3,(H2,23,24,25,29). The summed E-state index contributed by atoms with van der Waals surface area (Å²) in [5.74, 6) is 0.934. The number of thiocarbonyl (C=S) groups is 1. The maximum absolute atomic E-state index is 12.6. The summed E-state index contributed by atoms with van der Waals surface area (Å²) in [6, 6.07) is 14.4. The van der Waals surface area contributed by atoms with Crippen molar-refractivity contribution < 1.29 is 19.0 Å². The molecule has 0 aromatic heterocycles. The molecule has 2 N–H and O–H groups in total. The Kier molecular flexibility index (Phi) is 9.40. The first-order chi connectivity index (χ1) is 14.0. The smallest absolute Gasteiger partial charge is 0.261 e. The summed E-state index contributed by atoms with van der Waals surface area (Å²) in [5, 5.41) is 5.88. The lowest BCUT2D eigenvalue weighted by atomic mass is 10.2. The molecular weight excluding hydrogens is 388 g/mol. The highest BCUT2D eigenvalue weighted by atomic mass is 32.1. The van der Waals surface area contributed by atoms with Gasteiger partial charge in [-0.25, -0.2) is 0 Å². The number of nitrogens with one attached hydrogen (secondary N) is 2. The third-order valence-corrected chi connectivity index (χ3v) is 4.28. The largest absolute Gasteiger partial charge is 0.491 e. The SMILES string of the molecule is CCOCCOc1ccccc1C(=O)NC(=S)Nc1ccc(OC(C)CC)cc1. The average molecular weight is 417 g/mol. The third kappa shape index (κ3) is 7.71. The summed E-state index contributed by atoms with van der Waals surface area (Å²) < 4.78 is 16.7. The molecule has 0 aliphatic rings. The highest BCUT2D eigenvalue weighted by molar-refractivity contribution is 7.80. The van der Waals surface area contributed by atoms with Crippen LogP contribution in [0.5, 0.6) is 11.5 Å². The molecule has 0 fully saturated rings. The van der Waals surface area contributed by atoms with Crippen LogP contribution in [0, 0.1) is 0 Å². The molecule has 0 spiro atoms. The summed E-state index contributed by atoms with van der Waals surface area (Å²) in [7, 11) is 0. The van der Waals surface area contributed by atoms with Gasteiger partial charge in [-0.05, 0) is 68.9 Å². The number of rotatable bonds is 10. The van der Waals surface area contributed by atoms with Gasteiger partial charge in [-0.1, -0.05) is 19.1 Å². The van der Waals surface area contributed by atoms with Crippen LogP contribution in [-0.2, 0) is 4.74 Å². The van der Waals surface area contributed by atoms with Gasteiger partial charge in [-0.2, -0.15) is 0 Å². The fourth-order valence-electron chi connectivity index (χ4n) is 2.40. The van der Waals surface area contributed by atoms with Crippen LogP contribution >= 0.6 is 12.2 Å². The number of hydrogen-bond acceptors (Lipinski definition) is 5. The predicted molar refractivity (Wildman–Crippen MR) is 119 cm³/mol. The fourth-order valence-corrected chi connectivity index (χ4v) is 2.61. The Bertz CT molecular complexity index is 796. The molecule has 0 bridgehead atoms. The number of amides is 1. The van der Waals surface area contributed by atoms with E-state index in [1.807, 2.05) is 44.2 Å². The lowest BCUT2D eigenvalue weighted by Gasteiger charge is -2.14. The monoisotopic (exact) mass is 416 g/mol. The molecule has 0 aliphatic carbocycles. The average Bonchev–Trinajstić information content (AvgIpc) is 2.72. The molecule has 0 saturated heterocycles. The highest BCUT2D eigenvalue weighted by Gasteiger charge is 2.13. The number of carbonyl (C=O) groups is 1. The van der Waals surface area contributed by atoms with E-state index in [1.165, 1.54) is 0 Å². The van der Waals surface area contributed by atoms with Crippen LogP contribution in [0.15, 0.2) is 48.5 Å². The molecule has 2 aromatic rings. The molecule has 2 aromatic carbocycles. The zero-order valence-corrected chi connectivity index (χ0v) is 17.9. The molecule has 1 amide bonds. The van der Waals surface area contributed by atoms with Gasteiger partial charge in [0.1, 0.15) is 18.1 Å². The van der Waals surface area contributed by atoms with E-state index in [0.29, 0.717) is 31.1 Å². The van der Waals surface area contributed by atoms with E-state index < -0.39 is 0 Å². The van der Waals surface area contributed by atoms with E-state index in [0.717, 1.165) is 17.9 Å². The maximum atomic E-state index is 12.6. The lowest BCUT2D eigenvalue weighted by molar-refractivity contribution is 0.0958. The predicted octanol–water partition coefficient (Wildman–Crippen LogP) is 4.41. The molecule has 0 radical (unpaired) electrons. The summed E-state index contributed by atoms with van der Waals surface area (Å²) >= 11 is 5.26. The Morgan fingerprint density at radius 2 is 1.79 bits per heavy atom. The van der Waals surface area contributed by atoms with Crippen LogP contribution in [0.2, 0.25) is 0 Å². The number of anilines is 1. The Labute approximate surface area is 177 Å². The van der Waals surface area contributed by atoms with Gasteiger partial charge in [0.25, 0.3) is 5.91 Å². The first-order valence-corrected chi connectivity index (χ1v) is 10.1. The van der Waals surface area contributed by atoms with Crippen molar-refractivity contribution in [3.63, 3.8) is 0 Å². The minimum Gasteiger partial charge on any atom is -0.491 e. The molecule has 6 nitrogen and oxygen atoms in total. The van der Waals surface area contributed by atoms with Crippen molar-refractivity contribution >= 4 is 28.9 Å². The lowest BCUT2D eigenvalue weighted by Crippen LogP contribution is -2.34. The van der Waals surface area contributed by atoms with E-state index in [4.69, 9.17) is 26.4 Å². The molecule has 0 heterocycles. The second-order valence-corrected chi connectivity index (χ2v) is 6.72. The van der Waals surface area contributed by atoms with Crippen LogP contribution in [-0.4, -0.2) is 36.9 Å². The Hall–Kier alpha value is -2.64. The minimum absolute atomic E-state index is 0.157. The maximum Gasteiger partial charge on any atom is 0.261 e. The number of carbonyl (C=O) groups excluding carboxylic acids is 1. The van der Waals surface area contributed by atoms with E-state index in [9.17, 15) is 4.79 Å². The topological polar surface area (TPSA) is 68.8 Å². The van der Waals surface area contributed by atoms with E-state index in [-0.39, 0.29) is 17.1 Å². The van der Waals surface area contributed by atoms with Crippen molar-refractivity contribution in [3.8, 4) is 11.5 Å². The van der Waals surface area contributed by atoms with Crippen molar-refractivity contribution in [1.82, 2.24) is 5.32 Å². The number of benzene rings is 2. The Morgan fingerprint density at radius 1 is 1.07 bits per heavy atom. The summed E-state index contributed by atoms with van der Waals surface area (Å²) in [6.07, 6.45) is 1.09. The van der Waals surface area contributed by atoms with Gasteiger partial charge in [0.15, 0.2) is 5.11 Å². The van der Waals surface area contributed by atoms with Crippen molar-refractivity contribution in [2.45, 2.75) is 33.3 Å². The summed E-state index contributed by atoms with van der Waals surface area (Å²) in [5.41, 5.74) is 1.17. The van der Waals surface area contributed by atoms with Crippen LogP contribution in [0.4, 0.5) is 5.69 Å². The molecule has 1 unspecified atom stereocenters. The quantitative estimate of drug-likeness (QED) is 0.442. The van der Waals surface area contributed by atoms with E-state index >= 15 is 0 Å². The third-order valence-electron chi connectivity index (χ3n) is 4.07. The van der Waals surface area contributed by atoms with Gasteiger partial charge in [0.05, 0.1) is 18.3 Å². The van der Waals surface area contributed by atoms with Crippen LogP contribution in [0.3, 0.4) is 0 Å². The fraction of sp³-hybridized carbons (Fsp3) is 0.364. The molecule has 29 heavy (non-hydrogen) atoms. The van der Waals surface area contributed by atoms with Crippen LogP contribution < -0.4 is 20.1 Å².